The summed E-state index contributed by atoms with van der Waals surface area (Å²) < 4.78 is 5.05. The van der Waals surface area contributed by atoms with E-state index in [-0.39, 0.29) is 12.5 Å². The van der Waals surface area contributed by atoms with E-state index in [1.165, 1.54) is 5.56 Å². The van der Waals surface area contributed by atoms with Gasteiger partial charge in [-0.3, -0.25) is 0 Å². The monoisotopic (exact) mass is 223 g/mol. The molecule has 2 unspecified atom stereocenters. The summed E-state index contributed by atoms with van der Waals surface area (Å²) >= 11 is 0. The standard InChI is InChI=1S/C13H21NO2/c1-11(10-16-2)14-8-13(9-15)12-6-4-3-5-7-12/h3-7,11,13-15H,8-10H2,1-2H3. The zero-order valence-corrected chi connectivity index (χ0v) is 10.0. The van der Waals surface area contributed by atoms with Crippen LogP contribution in [0, 0.1) is 0 Å². The number of aliphatic hydroxyl groups is 1. The molecule has 90 valence electrons. The topological polar surface area (TPSA) is 41.5 Å². The fourth-order valence-corrected chi connectivity index (χ4v) is 1.67. The average molecular weight is 223 g/mol. The minimum Gasteiger partial charge on any atom is -0.396 e. The Kier molecular flexibility index (Phi) is 6.08. The molecule has 0 bridgehead atoms. The third-order valence-corrected chi connectivity index (χ3v) is 2.62. The van der Waals surface area contributed by atoms with E-state index in [0.29, 0.717) is 12.6 Å². The number of ether oxygens (including phenoxy) is 1. The average Bonchev–Trinajstić information content (AvgIpc) is 2.31. The zero-order valence-electron chi connectivity index (χ0n) is 10.0. The fraction of sp³-hybridized carbons (Fsp3) is 0.538. The maximum atomic E-state index is 9.35. The van der Waals surface area contributed by atoms with Gasteiger partial charge in [0.2, 0.25) is 0 Å². The van der Waals surface area contributed by atoms with Crippen LogP contribution < -0.4 is 5.32 Å². The van der Waals surface area contributed by atoms with Gasteiger partial charge in [-0.15, -0.1) is 0 Å². The van der Waals surface area contributed by atoms with Crippen molar-refractivity contribution >= 4 is 0 Å². The van der Waals surface area contributed by atoms with Crippen LogP contribution in [0.25, 0.3) is 0 Å². The van der Waals surface area contributed by atoms with Gasteiger partial charge < -0.3 is 15.2 Å². The van der Waals surface area contributed by atoms with Crippen molar-refractivity contribution in [3.63, 3.8) is 0 Å². The van der Waals surface area contributed by atoms with Crippen LogP contribution in [-0.2, 0) is 4.74 Å². The van der Waals surface area contributed by atoms with Crippen molar-refractivity contribution in [3.8, 4) is 0 Å². The van der Waals surface area contributed by atoms with Gasteiger partial charge in [0.05, 0.1) is 13.2 Å². The first-order chi connectivity index (χ1) is 7.77. The smallest absolute Gasteiger partial charge is 0.0613 e. The van der Waals surface area contributed by atoms with Crippen molar-refractivity contribution in [2.24, 2.45) is 0 Å². The van der Waals surface area contributed by atoms with E-state index in [2.05, 4.69) is 12.2 Å². The highest BCUT2D eigenvalue weighted by Gasteiger charge is 2.11. The second-order valence-corrected chi connectivity index (χ2v) is 4.05. The van der Waals surface area contributed by atoms with Crippen LogP contribution in [-0.4, -0.2) is 38.0 Å². The van der Waals surface area contributed by atoms with Crippen molar-refractivity contribution in [2.75, 3.05) is 26.9 Å². The Labute approximate surface area is 97.4 Å². The van der Waals surface area contributed by atoms with Crippen molar-refractivity contribution in [1.82, 2.24) is 5.32 Å². The zero-order chi connectivity index (χ0) is 11.8. The first kappa shape index (κ1) is 13.2. The van der Waals surface area contributed by atoms with Gasteiger partial charge >= 0.3 is 0 Å². The molecule has 3 heteroatoms. The molecule has 0 saturated heterocycles. The highest BCUT2D eigenvalue weighted by atomic mass is 16.5. The third-order valence-electron chi connectivity index (χ3n) is 2.62. The minimum atomic E-state index is 0.153. The highest BCUT2D eigenvalue weighted by Crippen LogP contribution is 2.13. The van der Waals surface area contributed by atoms with Gasteiger partial charge in [-0.2, -0.15) is 0 Å². The molecule has 0 amide bonds. The number of hydrogen-bond donors (Lipinski definition) is 2. The Morgan fingerprint density at radius 1 is 1.31 bits per heavy atom. The van der Waals surface area contributed by atoms with Gasteiger partial charge in [-0.05, 0) is 12.5 Å². The number of aliphatic hydroxyl groups excluding tert-OH is 1. The second kappa shape index (κ2) is 7.39. The molecule has 0 radical (unpaired) electrons. The number of methoxy groups -OCH3 is 1. The third kappa shape index (κ3) is 4.31. The lowest BCUT2D eigenvalue weighted by Crippen LogP contribution is -2.34. The lowest BCUT2D eigenvalue weighted by molar-refractivity contribution is 0.168. The van der Waals surface area contributed by atoms with Gasteiger partial charge in [0.25, 0.3) is 0 Å². The molecule has 0 fully saturated rings. The van der Waals surface area contributed by atoms with E-state index in [4.69, 9.17) is 4.74 Å². The van der Waals surface area contributed by atoms with Crippen LogP contribution >= 0.6 is 0 Å². The molecule has 0 aromatic heterocycles. The molecular weight excluding hydrogens is 202 g/mol. The van der Waals surface area contributed by atoms with Crippen molar-refractivity contribution in [1.29, 1.82) is 0 Å². The lowest BCUT2D eigenvalue weighted by Gasteiger charge is -2.19. The summed E-state index contributed by atoms with van der Waals surface area (Å²) in [6.45, 7) is 3.69. The highest BCUT2D eigenvalue weighted by molar-refractivity contribution is 5.19. The van der Waals surface area contributed by atoms with Crippen LogP contribution in [0.3, 0.4) is 0 Å². The lowest BCUT2D eigenvalue weighted by atomic mass is 10.00. The number of hydrogen-bond acceptors (Lipinski definition) is 3. The summed E-state index contributed by atoms with van der Waals surface area (Å²) in [4.78, 5) is 0. The number of nitrogens with one attached hydrogen (secondary N) is 1. The summed E-state index contributed by atoms with van der Waals surface area (Å²) in [6, 6.07) is 10.4. The molecule has 16 heavy (non-hydrogen) atoms. The summed E-state index contributed by atoms with van der Waals surface area (Å²) in [7, 11) is 1.69. The summed E-state index contributed by atoms with van der Waals surface area (Å²) in [6.07, 6.45) is 0. The van der Waals surface area contributed by atoms with Crippen molar-refractivity contribution in [2.45, 2.75) is 18.9 Å². The Morgan fingerprint density at radius 2 is 2.00 bits per heavy atom. The first-order valence-corrected chi connectivity index (χ1v) is 5.66. The minimum absolute atomic E-state index is 0.153. The molecule has 0 aliphatic heterocycles. The Bertz CT molecular complexity index is 277. The molecule has 1 aromatic carbocycles. The van der Waals surface area contributed by atoms with Crippen LogP contribution in [0.1, 0.15) is 18.4 Å². The van der Waals surface area contributed by atoms with Gasteiger partial charge in [-0.25, -0.2) is 0 Å². The molecule has 1 aromatic rings. The molecule has 1 rings (SSSR count). The largest absolute Gasteiger partial charge is 0.396 e. The molecule has 2 N–H and O–H groups in total. The maximum absolute atomic E-state index is 9.35. The Balaban J connectivity index is 2.44. The number of rotatable bonds is 7. The predicted molar refractivity (Wildman–Crippen MR) is 65.6 cm³/mol. The molecular formula is C13H21NO2. The quantitative estimate of drug-likeness (QED) is 0.734. The van der Waals surface area contributed by atoms with Gasteiger partial charge in [-0.1, -0.05) is 30.3 Å². The summed E-state index contributed by atoms with van der Waals surface area (Å²) in [5, 5.41) is 12.7. The van der Waals surface area contributed by atoms with Gasteiger partial charge in [0.1, 0.15) is 0 Å². The fourth-order valence-electron chi connectivity index (χ4n) is 1.67. The van der Waals surface area contributed by atoms with Crippen molar-refractivity contribution < 1.29 is 9.84 Å². The predicted octanol–water partition coefficient (Wildman–Crippen LogP) is 1.39. The maximum Gasteiger partial charge on any atom is 0.0613 e. The molecule has 0 heterocycles. The van der Waals surface area contributed by atoms with Crippen LogP contribution in [0.4, 0.5) is 0 Å². The van der Waals surface area contributed by atoms with E-state index in [9.17, 15) is 5.11 Å². The Hall–Kier alpha value is -0.900. The molecule has 0 aliphatic rings. The first-order valence-electron chi connectivity index (χ1n) is 5.66. The molecule has 0 saturated carbocycles. The van der Waals surface area contributed by atoms with Crippen molar-refractivity contribution in [3.05, 3.63) is 35.9 Å². The van der Waals surface area contributed by atoms with E-state index >= 15 is 0 Å². The SMILES string of the molecule is COCC(C)NCC(CO)c1ccccc1. The van der Waals surface area contributed by atoms with E-state index < -0.39 is 0 Å². The Morgan fingerprint density at radius 3 is 2.56 bits per heavy atom. The summed E-state index contributed by atoms with van der Waals surface area (Å²) in [5.74, 6) is 0.153. The van der Waals surface area contributed by atoms with E-state index in [1.54, 1.807) is 7.11 Å². The van der Waals surface area contributed by atoms with Crippen LogP contribution in [0.15, 0.2) is 30.3 Å². The molecule has 0 spiro atoms. The molecule has 2 atom stereocenters. The van der Waals surface area contributed by atoms with E-state index in [0.717, 1.165) is 6.54 Å². The van der Waals surface area contributed by atoms with E-state index in [1.807, 2.05) is 30.3 Å². The van der Waals surface area contributed by atoms with Gasteiger partial charge in [0, 0.05) is 25.6 Å². The van der Waals surface area contributed by atoms with Crippen LogP contribution in [0.5, 0.6) is 0 Å². The molecule has 0 aliphatic carbocycles. The second-order valence-electron chi connectivity index (χ2n) is 4.05. The summed E-state index contributed by atoms with van der Waals surface area (Å²) in [5.41, 5.74) is 1.17. The van der Waals surface area contributed by atoms with Gasteiger partial charge in [0.15, 0.2) is 0 Å². The number of benzene rings is 1. The van der Waals surface area contributed by atoms with Crippen LogP contribution in [0.2, 0.25) is 0 Å². The molecule has 3 nitrogen and oxygen atoms in total. The normalized spacial score (nSPS) is 14.7.